The molecule has 2 bridgehead atoms. The largest absolute Gasteiger partial charge is 0.307 e. The molecule has 0 radical (unpaired) electrons. The van der Waals surface area contributed by atoms with E-state index < -0.39 is 0 Å². The second-order valence-electron chi connectivity index (χ2n) is 5.78. The van der Waals surface area contributed by atoms with Crippen molar-refractivity contribution in [1.82, 2.24) is 5.32 Å². The van der Waals surface area contributed by atoms with Crippen LogP contribution in [0.3, 0.4) is 0 Å². The number of rotatable bonds is 1. The van der Waals surface area contributed by atoms with Gasteiger partial charge in [0.25, 0.3) is 0 Å². The van der Waals surface area contributed by atoms with Crippen molar-refractivity contribution >= 4 is 5.57 Å². The SMILES string of the molecule is C1=C(c2ccc3c(c2)CCC3)CC2CCC1N2. The van der Waals surface area contributed by atoms with E-state index in [9.17, 15) is 0 Å². The maximum atomic E-state index is 3.67. The number of aryl methyl sites for hydroxylation is 2. The standard InChI is InChI=1S/C16H19N/c1-2-11-4-5-13(8-12(11)3-1)14-9-15-6-7-16(10-14)17-15/h4-5,8-9,15-17H,1-3,6-7,10H2. The van der Waals surface area contributed by atoms with Crippen LogP contribution in [0.1, 0.15) is 42.4 Å². The molecular formula is C16H19N. The zero-order valence-corrected chi connectivity index (χ0v) is 10.2. The van der Waals surface area contributed by atoms with Crippen LogP contribution in [0.15, 0.2) is 24.3 Å². The number of hydrogen-bond acceptors (Lipinski definition) is 1. The fraction of sp³-hybridized carbons (Fsp3) is 0.500. The number of fused-ring (bicyclic) bond motifs is 3. The molecule has 4 rings (SSSR count). The number of benzene rings is 1. The molecular weight excluding hydrogens is 206 g/mol. The molecule has 2 unspecified atom stereocenters. The van der Waals surface area contributed by atoms with Gasteiger partial charge < -0.3 is 5.32 Å². The van der Waals surface area contributed by atoms with Gasteiger partial charge in [0.2, 0.25) is 0 Å². The predicted octanol–water partition coefficient (Wildman–Crippen LogP) is 3.08. The Morgan fingerprint density at radius 2 is 2.00 bits per heavy atom. The monoisotopic (exact) mass is 225 g/mol. The Morgan fingerprint density at radius 1 is 1.06 bits per heavy atom. The molecule has 0 aromatic heterocycles. The first kappa shape index (κ1) is 9.90. The van der Waals surface area contributed by atoms with Crippen molar-refractivity contribution in [3.05, 3.63) is 41.0 Å². The molecule has 0 spiro atoms. The lowest BCUT2D eigenvalue weighted by atomic mass is 9.94. The predicted molar refractivity (Wildman–Crippen MR) is 71.0 cm³/mol. The third-order valence-corrected chi connectivity index (χ3v) is 4.61. The Hall–Kier alpha value is -1.08. The summed E-state index contributed by atoms with van der Waals surface area (Å²) in [5, 5.41) is 3.67. The number of hydrogen-bond donors (Lipinski definition) is 1. The van der Waals surface area contributed by atoms with E-state index in [1.807, 2.05) is 0 Å². The molecule has 88 valence electrons. The molecule has 1 aromatic rings. The van der Waals surface area contributed by atoms with E-state index in [1.165, 1.54) is 44.1 Å². The highest BCUT2D eigenvalue weighted by Gasteiger charge is 2.28. The van der Waals surface area contributed by atoms with Crippen LogP contribution in [-0.2, 0) is 12.8 Å². The summed E-state index contributed by atoms with van der Waals surface area (Å²) in [6.45, 7) is 0. The van der Waals surface area contributed by atoms with Crippen LogP contribution >= 0.6 is 0 Å². The van der Waals surface area contributed by atoms with Gasteiger partial charge >= 0.3 is 0 Å². The fourth-order valence-electron chi connectivity index (χ4n) is 3.70. The van der Waals surface area contributed by atoms with Crippen LogP contribution in [-0.4, -0.2) is 12.1 Å². The summed E-state index contributed by atoms with van der Waals surface area (Å²) < 4.78 is 0. The van der Waals surface area contributed by atoms with Crippen molar-refractivity contribution in [2.75, 3.05) is 0 Å². The fourth-order valence-corrected chi connectivity index (χ4v) is 3.70. The highest BCUT2D eigenvalue weighted by atomic mass is 15.0. The van der Waals surface area contributed by atoms with E-state index >= 15 is 0 Å². The highest BCUT2D eigenvalue weighted by Crippen LogP contribution is 2.33. The molecule has 1 saturated heterocycles. The van der Waals surface area contributed by atoms with Crippen LogP contribution in [0, 0.1) is 0 Å². The topological polar surface area (TPSA) is 12.0 Å². The van der Waals surface area contributed by atoms with Crippen molar-refractivity contribution in [2.45, 2.75) is 50.6 Å². The van der Waals surface area contributed by atoms with E-state index in [2.05, 4.69) is 29.6 Å². The summed E-state index contributed by atoms with van der Waals surface area (Å²) >= 11 is 0. The van der Waals surface area contributed by atoms with E-state index in [0.717, 1.165) is 6.04 Å². The smallest absolute Gasteiger partial charge is 0.0259 e. The second kappa shape index (κ2) is 3.71. The third kappa shape index (κ3) is 1.64. The van der Waals surface area contributed by atoms with Gasteiger partial charge in [-0.05, 0) is 60.8 Å². The van der Waals surface area contributed by atoms with Gasteiger partial charge in [-0.15, -0.1) is 0 Å². The maximum Gasteiger partial charge on any atom is 0.0259 e. The minimum Gasteiger partial charge on any atom is -0.307 e. The average Bonchev–Trinajstić information content (AvgIpc) is 2.94. The summed E-state index contributed by atoms with van der Waals surface area (Å²) in [5.74, 6) is 0. The summed E-state index contributed by atoms with van der Waals surface area (Å²) in [6, 6.07) is 8.56. The molecule has 1 aliphatic carbocycles. The molecule has 1 nitrogen and oxygen atoms in total. The lowest BCUT2D eigenvalue weighted by Crippen LogP contribution is -2.31. The lowest BCUT2D eigenvalue weighted by Gasteiger charge is -2.22. The minimum atomic E-state index is 0.650. The molecule has 2 atom stereocenters. The normalized spacial score (nSPS) is 30.2. The van der Waals surface area contributed by atoms with Crippen LogP contribution < -0.4 is 5.32 Å². The molecule has 1 N–H and O–H groups in total. The first-order valence-corrected chi connectivity index (χ1v) is 6.97. The van der Waals surface area contributed by atoms with Crippen molar-refractivity contribution in [3.8, 4) is 0 Å². The Labute approximate surface area is 103 Å². The van der Waals surface area contributed by atoms with E-state index in [4.69, 9.17) is 0 Å². The zero-order chi connectivity index (χ0) is 11.2. The Balaban J connectivity index is 1.71. The van der Waals surface area contributed by atoms with Crippen molar-refractivity contribution in [1.29, 1.82) is 0 Å². The van der Waals surface area contributed by atoms with Crippen LogP contribution in [0.4, 0.5) is 0 Å². The first-order valence-electron chi connectivity index (χ1n) is 6.97. The van der Waals surface area contributed by atoms with Crippen molar-refractivity contribution in [3.63, 3.8) is 0 Å². The molecule has 1 heteroatoms. The molecule has 2 aliphatic heterocycles. The van der Waals surface area contributed by atoms with Crippen molar-refractivity contribution in [2.24, 2.45) is 0 Å². The van der Waals surface area contributed by atoms with Crippen molar-refractivity contribution < 1.29 is 0 Å². The average molecular weight is 225 g/mol. The van der Waals surface area contributed by atoms with Crippen LogP contribution in [0.5, 0.6) is 0 Å². The van der Waals surface area contributed by atoms with Gasteiger partial charge in [-0.3, -0.25) is 0 Å². The molecule has 0 amide bonds. The van der Waals surface area contributed by atoms with Gasteiger partial charge in [-0.2, -0.15) is 0 Å². The zero-order valence-electron chi connectivity index (χ0n) is 10.2. The van der Waals surface area contributed by atoms with Crippen LogP contribution in [0.25, 0.3) is 5.57 Å². The van der Waals surface area contributed by atoms with Gasteiger partial charge in [-0.25, -0.2) is 0 Å². The molecule has 1 fully saturated rings. The molecule has 3 aliphatic rings. The Bertz CT molecular complexity index is 486. The summed E-state index contributed by atoms with van der Waals surface area (Å²) in [6.07, 6.45) is 10.3. The van der Waals surface area contributed by atoms with E-state index in [1.54, 1.807) is 16.7 Å². The minimum absolute atomic E-state index is 0.650. The van der Waals surface area contributed by atoms with Gasteiger partial charge in [0, 0.05) is 12.1 Å². The molecule has 0 saturated carbocycles. The van der Waals surface area contributed by atoms with Gasteiger partial charge in [-0.1, -0.05) is 24.3 Å². The first-order chi connectivity index (χ1) is 8.38. The van der Waals surface area contributed by atoms with E-state index in [-0.39, 0.29) is 0 Å². The Morgan fingerprint density at radius 3 is 2.94 bits per heavy atom. The van der Waals surface area contributed by atoms with Gasteiger partial charge in [0.15, 0.2) is 0 Å². The highest BCUT2D eigenvalue weighted by molar-refractivity contribution is 5.69. The lowest BCUT2D eigenvalue weighted by molar-refractivity contribution is 0.575. The summed E-state index contributed by atoms with van der Waals surface area (Å²) in [4.78, 5) is 0. The Kier molecular flexibility index (Phi) is 2.16. The van der Waals surface area contributed by atoms with E-state index in [0.29, 0.717) is 6.04 Å². The van der Waals surface area contributed by atoms with Gasteiger partial charge in [0.05, 0.1) is 0 Å². The van der Waals surface area contributed by atoms with Crippen LogP contribution in [0.2, 0.25) is 0 Å². The maximum absolute atomic E-state index is 3.67. The third-order valence-electron chi connectivity index (χ3n) is 4.61. The quantitative estimate of drug-likeness (QED) is 0.774. The summed E-state index contributed by atoms with van der Waals surface area (Å²) in [7, 11) is 0. The molecule has 2 heterocycles. The molecule has 1 aromatic carbocycles. The second-order valence-corrected chi connectivity index (χ2v) is 5.78. The number of nitrogens with one attached hydrogen (secondary N) is 1. The summed E-state index contributed by atoms with van der Waals surface area (Å²) in [5.41, 5.74) is 6.27. The van der Waals surface area contributed by atoms with Gasteiger partial charge in [0.1, 0.15) is 0 Å². The molecule has 17 heavy (non-hydrogen) atoms.